The topological polar surface area (TPSA) is 89.5 Å². The van der Waals surface area contributed by atoms with Crippen molar-refractivity contribution in [3.05, 3.63) is 47.7 Å². The molecule has 35 heavy (non-hydrogen) atoms. The summed E-state index contributed by atoms with van der Waals surface area (Å²) in [6.45, 7) is 3.45. The first-order valence-corrected chi connectivity index (χ1v) is 12.1. The van der Waals surface area contributed by atoms with Gasteiger partial charge in [-0.25, -0.2) is 13.6 Å². The molecule has 1 aliphatic rings. The van der Waals surface area contributed by atoms with Crippen LogP contribution >= 0.6 is 0 Å². The van der Waals surface area contributed by atoms with Crippen molar-refractivity contribution < 1.29 is 40.4 Å². The lowest BCUT2D eigenvalue weighted by Crippen LogP contribution is -2.47. The molecule has 3 rings (SSSR count). The van der Waals surface area contributed by atoms with Gasteiger partial charge in [0.15, 0.2) is 17.2 Å². The summed E-state index contributed by atoms with van der Waals surface area (Å²) in [6.07, 6.45) is -3.95. The molecule has 0 saturated carbocycles. The van der Waals surface area contributed by atoms with E-state index in [0.717, 1.165) is 19.1 Å². The molecular formula is C22H24F5N3O4S. The number of amides is 1. The van der Waals surface area contributed by atoms with Crippen molar-refractivity contribution in [1.82, 2.24) is 4.98 Å². The number of halogens is 5. The van der Waals surface area contributed by atoms with Crippen LogP contribution in [0, 0.1) is 17.6 Å². The first kappa shape index (κ1) is 26.8. The molecule has 0 radical (unpaired) electrons. The van der Waals surface area contributed by atoms with Crippen molar-refractivity contribution in [2.45, 2.75) is 44.6 Å². The van der Waals surface area contributed by atoms with E-state index < -0.39 is 64.0 Å². The van der Waals surface area contributed by atoms with Crippen LogP contribution < -0.4 is 14.8 Å². The van der Waals surface area contributed by atoms with Crippen molar-refractivity contribution in [3.63, 3.8) is 0 Å². The molecule has 1 fully saturated rings. The van der Waals surface area contributed by atoms with E-state index in [9.17, 15) is 31.0 Å². The largest absolute Gasteiger partial charge is 0.490 e. The minimum atomic E-state index is -4.87. The second-order valence-electron chi connectivity index (χ2n) is 8.15. The van der Waals surface area contributed by atoms with Crippen molar-refractivity contribution in [1.29, 1.82) is 0 Å². The Balaban J connectivity index is 2.05. The van der Waals surface area contributed by atoms with Crippen molar-refractivity contribution in [3.8, 4) is 5.75 Å². The standard InChI is InChI=1S/C22H24F5N3O4S/c1-5-33-18-13(6-7-14(23)17(18)24)16-11(2)21(3,22(25,26)27)34-19(16)20(31)29-12-8-9-28-15(10-12)30-35(4)32/h6-11,16,19H,5H2,1-4H3,(H2,28,29,30,31)/t11-,16-,19+,21+,35?/m1/s1. The molecule has 5 atom stereocenters. The summed E-state index contributed by atoms with van der Waals surface area (Å²) >= 11 is 0. The second kappa shape index (κ2) is 10.1. The van der Waals surface area contributed by atoms with Gasteiger partial charge < -0.3 is 14.8 Å². The molecule has 1 aromatic carbocycles. The quantitative estimate of drug-likeness (QED) is 0.523. The third kappa shape index (κ3) is 5.25. The number of alkyl halides is 3. The third-order valence-corrected chi connectivity index (χ3v) is 6.43. The lowest BCUT2D eigenvalue weighted by atomic mass is 9.77. The number of aromatic nitrogens is 1. The van der Waals surface area contributed by atoms with Gasteiger partial charge in [0.1, 0.15) is 22.9 Å². The van der Waals surface area contributed by atoms with E-state index in [0.29, 0.717) is 0 Å². The average molecular weight is 522 g/mol. The van der Waals surface area contributed by atoms with Crippen LogP contribution in [0.5, 0.6) is 5.75 Å². The molecule has 0 bridgehead atoms. The summed E-state index contributed by atoms with van der Waals surface area (Å²) in [6, 6.07) is 4.57. The highest BCUT2D eigenvalue weighted by atomic mass is 32.2. The molecule has 2 N–H and O–H groups in total. The van der Waals surface area contributed by atoms with Crippen molar-refractivity contribution in [2.75, 3.05) is 22.9 Å². The molecule has 1 aliphatic heterocycles. The van der Waals surface area contributed by atoms with Crippen LogP contribution in [-0.4, -0.2) is 45.8 Å². The number of rotatable bonds is 7. The van der Waals surface area contributed by atoms with Crippen LogP contribution in [-0.2, 0) is 20.5 Å². The maximum Gasteiger partial charge on any atom is 0.417 e. The summed E-state index contributed by atoms with van der Waals surface area (Å²) in [5.41, 5.74) is -2.74. The van der Waals surface area contributed by atoms with Crippen LogP contribution in [0.1, 0.15) is 32.3 Å². The predicted molar refractivity (Wildman–Crippen MR) is 119 cm³/mol. The number of carbonyl (C=O) groups is 1. The minimum absolute atomic E-state index is 0.0890. The number of pyridine rings is 1. The molecule has 192 valence electrons. The molecule has 2 aromatic rings. The van der Waals surface area contributed by atoms with Crippen LogP contribution in [0.2, 0.25) is 0 Å². The SMILES string of the molecule is CCOc1c([C@@H]2[C@@H](C(=O)Nc3ccnc(NS(C)=O)c3)O[C@](C)(C(F)(F)F)[C@@H]2C)ccc(F)c1F. The minimum Gasteiger partial charge on any atom is -0.490 e. The maximum atomic E-state index is 14.6. The lowest BCUT2D eigenvalue weighted by Gasteiger charge is -2.32. The first-order chi connectivity index (χ1) is 16.3. The average Bonchev–Trinajstić information content (AvgIpc) is 3.04. The number of nitrogens with zero attached hydrogens (tertiary/aromatic N) is 1. The second-order valence-corrected chi connectivity index (χ2v) is 9.26. The Bertz CT molecular complexity index is 1130. The normalized spacial score (nSPS) is 25.2. The Morgan fingerprint density at radius 2 is 1.97 bits per heavy atom. The first-order valence-electron chi connectivity index (χ1n) is 10.5. The van der Waals surface area contributed by atoms with Gasteiger partial charge in [0.2, 0.25) is 5.82 Å². The van der Waals surface area contributed by atoms with Gasteiger partial charge in [-0.2, -0.15) is 17.6 Å². The Kier molecular flexibility index (Phi) is 7.70. The number of hydrogen-bond donors (Lipinski definition) is 2. The molecule has 7 nitrogen and oxygen atoms in total. The fourth-order valence-electron chi connectivity index (χ4n) is 4.05. The molecule has 2 heterocycles. The predicted octanol–water partition coefficient (Wildman–Crippen LogP) is 4.54. The monoisotopic (exact) mass is 521 g/mol. The molecule has 13 heteroatoms. The summed E-state index contributed by atoms with van der Waals surface area (Å²) in [7, 11) is -1.46. The van der Waals surface area contributed by atoms with E-state index in [1.165, 1.54) is 38.4 Å². The molecular weight excluding hydrogens is 497 g/mol. The van der Waals surface area contributed by atoms with Crippen LogP contribution in [0.3, 0.4) is 0 Å². The number of anilines is 2. The van der Waals surface area contributed by atoms with E-state index in [1.807, 2.05) is 0 Å². The van der Waals surface area contributed by atoms with Gasteiger partial charge in [0.25, 0.3) is 5.91 Å². The highest BCUT2D eigenvalue weighted by Crippen LogP contribution is 2.55. The molecule has 0 spiro atoms. The van der Waals surface area contributed by atoms with Crippen LogP contribution in [0.25, 0.3) is 0 Å². The molecule has 0 aliphatic carbocycles. The maximum absolute atomic E-state index is 14.6. The zero-order valence-corrected chi connectivity index (χ0v) is 20.0. The van der Waals surface area contributed by atoms with Gasteiger partial charge in [-0.3, -0.25) is 9.52 Å². The zero-order chi connectivity index (χ0) is 26.1. The number of benzene rings is 1. The Hall–Kier alpha value is -2.80. The van der Waals surface area contributed by atoms with E-state index in [2.05, 4.69) is 15.0 Å². The highest BCUT2D eigenvalue weighted by molar-refractivity contribution is 7.85. The number of ether oxygens (including phenoxy) is 2. The molecule has 1 aromatic heterocycles. The Morgan fingerprint density at radius 1 is 1.29 bits per heavy atom. The van der Waals surface area contributed by atoms with Crippen LogP contribution in [0.15, 0.2) is 30.5 Å². The molecule has 1 amide bonds. The highest BCUT2D eigenvalue weighted by Gasteiger charge is 2.65. The molecule has 1 unspecified atom stereocenters. The van der Waals surface area contributed by atoms with Crippen molar-refractivity contribution >= 4 is 28.4 Å². The fourth-order valence-corrected chi connectivity index (χ4v) is 4.45. The lowest BCUT2D eigenvalue weighted by molar-refractivity contribution is -0.272. The Labute approximate surface area is 201 Å². The van der Waals surface area contributed by atoms with Crippen molar-refractivity contribution in [2.24, 2.45) is 5.92 Å². The third-order valence-electron chi connectivity index (χ3n) is 5.93. The fraction of sp³-hybridized carbons (Fsp3) is 0.455. The number of carbonyl (C=O) groups excluding carboxylic acids is 1. The zero-order valence-electron chi connectivity index (χ0n) is 19.2. The van der Waals surface area contributed by atoms with E-state index in [4.69, 9.17) is 9.47 Å². The smallest absolute Gasteiger partial charge is 0.417 e. The van der Waals surface area contributed by atoms with E-state index in [-0.39, 0.29) is 23.7 Å². The van der Waals surface area contributed by atoms with Gasteiger partial charge in [0.05, 0.1) is 6.61 Å². The summed E-state index contributed by atoms with van der Waals surface area (Å²) in [4.78, 5) is 17.1. The van der Waals surface area contributed by atoms with E-state index in [1.54, 1.807) is 0 Å². The van der Waals surface area contributed by atoms with E-state index >= 15 is 0 Å². The van der Waals surface area contributed by atoms with Gasteiger partial charge in [0, 0.05) is 41.6 Å². The van der Waals surface area contributed by atoms with Gasteiger partial charge in [-0.05, 0) is 26.0 Å². The number of hydrogen-bond acceptors (Lipinski definition) is 5. The summed E-state index contributed by atoms with van der Waals surface area (Å²) in [5.74, 6) is -6.68. The van der Waals surface area contributed by atoms with Gasteiger partial charge in [-0.1, -0.05) is 13.0 Å². The van der Waals surface area contributed by atoms with Gasteiger partial charge in [-0.15, -0.1) is 0 Å². The van der Waals surface area contributed by atoms with Gasteiger partial charge >= 0.3 is 6.18 Å². The summed E-state index contributed by atoms with van der Waals surface area (Å²) < 4.78 is 95.1. The summed E-state index contributed by atoms with van der Waals surface area (Å²) in [5, 5.41) is 2.47. The number of nitrogens with one attached hydrogen (secondary N) is 2. The van der Waals surface area contributed by atoms with Crippen LogP contribution in [0.4, 0.5) is 33.5 Å². The molecule has 1 saturated heterocycles. The Morgan fingerprint density at radius 3 is 2.57 bits per heavy atom.